The molecule has 1 fully saturated rings. The first-order valence-corrected chi connectivity index (χ1v) is 7.58. The number of amides is 2. The third-order valence-electron chi connectivity index (χ3n) is 3.88. The predicted octanol–water partition coefficient (Wildman–Crippen LogP) is 2.03. The normalized spacial score (nSPS) is 15.8. The minimum Gasteiger partial charge on any atom is -0.507 e. The van der Waals surface area contributed by atoms with Crippen molar-refractivity contribution in [2.45, 2.75) is 27.7 Å². The number of hydrogen-bond acceptors (Lipinski definition) is 3. The summed E-state index contributed by atoms with van der Waals surface area (Å²) in [5.41, 5.74) is 0.861. The Bertz CT molecular complexity index is 582. The van der Waals surface area contributed by atoms with E-state index in [2.05, 4.69) is 0 Å². The summed E-state index contributed by atoms with van der Waals surface area (Å²) in [7, 11) is 0. The molecule has 0 saturated carbocycles. The number of rotatable bonds is 1. The molecule has 2 amide bonds. The number of phenolic OH excluding ortho intramolecular Hbond substituents is 1. The molecule has 0 aromatic heterocycles. The van der Waals surface area contributed by atoms with Crippen LogP contribution in [0.4, 0.5) is 0 Å². The van der Waals surface area contributed by atoms with Crippen LogP contribution >= 0.6 is 0 Å². The lowest BCUT2D eigenvalue weighted by Crippen LogP contribution is -2.53. The highest BCUT2D eigenvalue weighted by atomic mass is 16.3. The molecule has 5 heteroatoms. The lowest BCUT2D eigenvalue weighted by atomic mass is 9.94. The third-order valence-corrected chi connectivity index (χ3v) is 3.88. The molecule has 1 heterocycles. The maximum absolute atomic E-state index is 12.5. The van der Waals surface area contributed by atoms with Gasteiger partial charge in [-0.2, -0.15) is 0 Å². The first-order valence-electron chi connectivity index (χ1n) is 7.58. The molecule has 0 radical (unpaired) electrons. The molecule has 1 aliphatic rings. The number of carbonyl (C=O) groups excluding carboxylic acids is 2. The second kappa shape index (κ2) is 5.99. The van der Waals surface area contributed by atoms with Crippen LogP contribution in [-0.2, 0) is 4.79 Å². The van der Waals surface area contributed by atoms with Crippen LogP contribution in [-0.4, -0.2) is 52.9 Å². The van der Waals surface area contributed by atoms with Gasteiger partial charge in [-0.3, -0.25) is 9.59 Å². The first-order chi connectivity index (χ1) is 10.2. The van der Waals surface area contributed by atoms with Crippen molar-refractivity contribution in [1.29, 1.82) is 0 Å². The van der Waals surface area contributed by atoms with Crippen LogP contribution < -0.4 is 0 Å². The van der Waals surface area contributed by atoms with Crippen LogP contribution in [0.15, 0.2) is 18.2 Å². The topological polar surface area (TPSA) is 60.9 Å². The monoisotopic (exact) mass is 304 g/mol. The van der Waals surface area contributed by atoms with Gasteiger partial charge in [-0.15, -0.1) is 0 Å². The van der Waals surface area contributed by atoms with Gasteiger partial charge >= 0.3 is 0 Å². The molecule has 1 aromatic carbocycles. The highest BCUT2D eigenvalue weighted by molar-refractivity contribution is 5.97. The van der Waals surface area contributed by atoms with Gasteiger partial charge in [0.25, 0.3) is 5.91 Å². The molecule has 22 heavy (non-hydrogen) atoms. The van der Waals surface area contributed by atoms with Gasteiger partial charge in [0.2, 0.25) is 5.91 Å². The summed E-state index contributed by atoms with van der Waals surface area (Å²) >= 11 is 0. The average molecular weight is 304 g/mol. The molecule has 2 rings (SSSR count). The third kappa shape index (κ3) is 3.40. The zero-order valence-corrected chi connectivity index (χ0v) is 13.7. The number of aromatic hydroxyl groups is 1. The number of piperazine rings is 1. The molecular weight excluding hydrogens is 280 g/mol. The number of phenols is 1. The Labute approximate surface area is 131 Å². The second-order valence-electron chi connectivity index (χ2n) is 6.86. The first kappa shape index (κ1) is 16.3. The fourth-order valence-electron chi connectivity index (χ4n) is 2.58. The van der Waals surface area contributed by atoms with Crippen molar-refractivity contribution in [2.24, 2.45) is 5.41 Å². The lowest BCUT2D eigenvalue weighted by molar-refractivity contribution is -0.140. The van der Waals surface area contributed by atoms with Crippen molar-refractivity contribution < 1.29 is 14.7 Å². The number of carbonyl (C=O) groups is 2. The van der Waals surface area contributed by atoms with E-state index in [0.717, 1.165) is 5.56 Å². The van der Waals surface area contributed by atoms with Crippen molar-refractivity contribution in [2.75, 3.05) is 26.2 Å². The highest BCUT2D eigenvalue weighted by Crippen LogP contribution is 2.22. The van der Waals surface area contributed by atoms with Gasteiger partial charge in [0.1, 0.15) is 5.75 Å². The Morgan fingerprint density at radius 1 is 1.05 bits per heavy atom. The summed E-state index contributed by atoms with van der Waals surface area (Å²) in [4.78, 5) is 28.3. The summed E-state index contributed by atoms with van der Waals surface area (Å²) < 4.78 is 0. The largest absolute Gasteiger partial charge is 0.507 e. The highest BCUT2D eigenvalue weighted by Gasteiger charge is 2.31. The second-order valence-corrected chi connectivity index (χ2v) is 6.86. The molecule has 0 spiro atoms. The van der Waals surface area contributed by atoms with E-state index in [1.165, 1.54) is 0 Å². The number of hydrogen-bond donors (Lipinski definition) is 1. The van der Waals surface area contributed by atoms with Gasteiger partial charge in [-0.25, -0.2) is 0 Å². The summed E-state index contributed by atoms with van der Waals surface area (Å²) in [5, 5.41) is 9.87. The van der Waals surface area contributed by atoms with E-state index in [1.807, 2.05) is 27.7 Å². The van der Waals surface area contributed by atoms with Crippen molar-refractivity contribution >= 4 is 11.8 Å². The van der Waals surface area contributed by atoms with Crippen molar-refractivity contribution in [3.63, 3.8) is 0 Å². The Morgan fingerprint density at radius 3 is 2.14 bits per heavy atom. The number of aryl methyl sites for hydroxylation is 1. The van der Waals surface area contributed by atoms with E-state index in [9.17, 15) is 14.7 Å². The minimum atomic E-state index is -0.402. The smallest absolute Gasteiger partial charge is 0.257 e. The molecule has 1 aliphatic heterocycles. The Kier molecular flexibility index (Phi) is 4.44. The fourth-order valence-corrected chi connectivity index (χ4v) is 2.58. The van der Waals surface area contributed by atoms with E-state index in [4.69, 9.17) is 0 Å². The van der Waals surface area contributed by atoms with Crippen LogP contribution in [0.25, 0.3) is 0 Å². The molecular formula is C17H24N2O3. The van der Waals surface area contributed by atoms with Crippen LogP contribution in [0.3, 0.4) is 0 Å². The van der Waals surface area contributed by atoms with E-state index < -0.39 is 5.41 Å². The quantitative estimate of drug-likeness (QED) is 0.863. The average Bonchev–Trinajstić information content (AvgIpc) is 2.47. The molecule has 120 valence electrons. The zero-order valence-electron chi connectivity index (χ0n) is 13.7. The van der Waals surface area contributed by atoms with E-state index in [0.29, 0.717) is 31.7 Å². The molecule has 1 saturated heterocycles. The fraction of sp³-hybridized carbons (Fsp3) is 0.529. The maximum atomic E-state index is 12.5. The molecule has 0 bridgehead atoms. The van der Waals surface area contributed by atoms with Crippen LogP contribution in [0.5, 0.6) is 5.75 Å². The lowest BCUT2D eigenvalue weighted by Gasteiger charge is -2.37. The standard InChI is InChI=1S/C17H24N2O3/c1-12-5-6-14(20)13(11-12)15(21)18-7-9-19(10-8-18)16(22)17(2,3)4/h5-6,11,20H,7-10H2,1-4H3. The van der Waals surface area contributed by atoms with Gasteiger partial charge < -0.3 is 14.9 Å². The number of benzene rings is 1. The maximum Gasteiger partial charge on any atom is 0.257 e. The van der Waals surface area contributed by atoms with E-state index in [-0.39, 0.29) is 17.6 Å². The molecule has 0 unspecified atom stereocenters. The molecule has 1 N–H and O–H groups in total. The molecule has 5 nitrogen and oxygen atoms in total. The zero-order chi connectivity index (χ0) is 16.5. The van der Waals surface area contributed by atoms with Crippen molar-refractivity contribution in [3.05, 3.63) is 29.3 Å². The summed E-state index contributed by atoms with van der Waals surface area (Å²) in [6.07, 6.45) is 0. The Hall–Kier alpha value is -2.04. The Morgan fingerprint density at radius 2 is 1.59 bits per heavy atom. The van der Waals surface area contributed by atoms with Crippen LogP contribution in [0, 0.1) is 12.3 Å². The summed E-state index contributed by atoms with van der Waals surface area (Å²) in [6.45, 7) is 9.65. The SMILES string of the molecule is Cc1ccc(O)c(C(=O)N2CCN(C(=O)C(C)(C)C)CC2)c1. The van der Waals surface area contributed by atoms with Gasteiger partial charge in [-0.05, 0) is 19.1 Å². The van der Waals surface area contributed by atoms with Gasteiger partial charge in [0, 0.05) is 31.6 Å². The van der Waals surface area contributed by atoms with Gasteiger partial charge in [-0.1, -0.05) is 32.4 Å². The van der Waals surface area contributed by atoms with Crippen LogP contribution in [0.2, 0.25) is 0 Å². The minimum absolute atomic E-state index is 0.00352. The van der Waals surface area contributed by atoms with Gasteiger partial charge in [0.05, 0.1) is 5.56 Å². The molecule has 0 atom stereocenters. The Balaban J connectivity index is 2.04. The van der Waals surface area contributed by atoms with Gasteiger partial charge in [0.15, 0.2) is 0 Å². The van der Waals surface area contributed by atoms with E-state index in [1.54, 1.807) is 28.0 Å². The molecule has 1 aromatic rings. The van der Waals surface area contributed by atoms with Crippen molar-refractivity contribution in [3.8, 4) is 5.75 Å². The number of nitrogens with zero attached hydrogens (tertiary/aromatic N) is 2. The van der Waals surface area contributed by atoms with Crippen LogP contribution in [0.1, 0.15) is 36.7 Å². The molecule has 0 aliphatic carbocycles. The van der Waals surface area contributed by atoms with E-state index >= 15 is 0 Å². The summed E-state index contributed by atoms with van der Waals surface area (Å²) in [6, 6.07) is 5.01. The summed E-state index contributed by atoms with van der Waals surface area (Å²) in [5.74, 6) is -0.0640. The predicted molar refractivity (Wildman–Crippen MR) is 84.8 cm³/mol. The van der Waals surface area contributed by atoms with Crippen molar-refractivity contribution in [1.82, 2.24) is 9.80 Å².